The zero-order valence-electron chi connectivity index (χ0n) is 13.1. The molecule has 0 radical (unpaired) electrons. The molecule has 6 nitrogen and oxygen atoms in total. The van der Waals surface area contributed by atoms with Crippen LogP contribution in [0.1, 0.15) is 15.9 Å². The highest BCUT2D eigenvalue weighted by Crippen LogP contribution is 2.30. The average Bonchev–Trinajstić information content (AvgIpc) is 3.04. The van der Waals surface area contributed by atoms with E-state index in [0.717, 1.165) is 16.5 Å². The molecule has 118 valence electrons. The van der Waals surface area contributed by atoms with Crippen molar-refractivity contribution in [3.63, 3.8) is 0 Å². The van der Waals surface area contributed by atoms with Crippen molar-refractivity contribution in [3.05, 3.63) is 47.7 Å². The van der Waals surface area contributed by atoms with Crippen molar-refractivity contribution in [2.75, 3.05) is 19.5 Å². The Morgan fingerprint density at radius 3 is 2.52 bits per heavy atom. The number of aromatic nitrogens is 2. The minimum Gasteiger partial charge on any atom is -0.496 e. The van der Waals surface area contributed by atoms with Crippen LogP contribution in [0, 0.1) is 6.92 Å². The van der Waals surface area contributed by atoms with Gasteiger partial charge in [-0.25, -0.2) is 0 Å². The second-order valence-corrected chi connectivity index (χ2v) is 5.10. The molecule has 0 saturated carbocycles. The van der Waals surface area contributed by atoms with Gasteiger partial charge in [-0.1, -0.05) is 12.1 Å². The average molecular weight is 311 g/mol. The summed E-state index contributed by atoms with van der Waals surface area (Å²) in [4.78, 5) is 12.6. The molecular formula is C17H17N3O3. The first-order valence-corrected chi connectivity index (χ1v) is 7.10. The van der Waals surface area contributed by atoms with E-state index < -0.39 is 0 Å². The van der Waals surface area contributed by atoms with Gasteiger partial charge in [-0.05, 0) is 25.1 Å². The largest absolute Gasteiger partial charge is 0.496 e. The lowest BCUT2D eigenvalue weighted by molar-refractivity contribution is 0.102. The molecule has 0 unspecified atom stereocenters. The second kappa shape index (κ2) is 6.00. The predicted molar refractivity (Wildman–Crippen MR) is 88.3 cm³/mol. The van der Waals surface area contributed by atoms with Crippen LogP contribution in [0.5, 0.6) is 11.5 Å². The SMILES string of the molecule is COc1cc(C(=O)Nc2cccc3cn[nH]c23)cc(OC)c1C. The molecule has 1 heterocycles. The Hall–Kier alpha value is -3.02. The van der Waals surface area contributed by atoms with Crippen molar-refractivity contribution >= 4 is 22.5 Å². The Labute approximate surface area is 133 Å². The highest BCUT2D eigenvalue weighted by molar-refractivity contribution is 6.08. The van der Waals surface area contributed by atoms with Crippen molar-refractivity contribution < 1.29 is 14.3 Å². The summed E-state index contributed by atoms with van der Waals surface area (Å²) in [5, 5.41) is 10.7. The number of H-pyrrole nitrogens is 1. The maximum Gasteiger partial charge on any atom is 0.255 e. The van der Waals surface area contributed by atoms with Gasteiger partial charge in [0, 0.05) is 16.5 Å². The Bertz CT molecular complexity index is 845. The number of para-hydroxylation sites is 1. The summed E-state index contributed by atoms with van der Waals surface area (Å²) < 4.78 is 10.6. The topological polar surface area (TPSA) is 76.2 Å². The van der Waals surface area contributed by atoms with Gasteiger partial charge in [0.15, 0.2) is 0 Å². The summed E-state index contributed by atoms with van der Waals surface area (Å²) in [6, 6.07) is 9.00. The van der Waals surface area contributed by atoms with Crippen molar-refractivity contribution in [1.82, 2.24) is 10.2 Å². The fraction of sp³-hybridized carbons (Fsp3) is 0.176. The van der Waals surface area contributed by atoms with E-state index in [0.29, 0.717) is 22.7 Å². The third kappa shape index (κ3) is 2.70. The summed E-state index contributed by atoms with van der Waals surface area (Å²) >= 11 is 0. The van der Waals surface area contributed by atoms with Gasteiger partial charge in [-0.2, -0.15) is 5.10 Å². The zero-order valence-corrected chi connectivity index (χ0v) is 13.1. The number of carbonyl (C=O) groups is 1. The number of rotatable bonds is 4. The molecule has 3 rings (SSSR count). The van der Waals surface area contributed by atoms with Gasteiger partial charge in [0.2, 0.25) is 0 Å². The molecule has 0 bridgehead atoms. The molecule has 2 aromatic carbocycles. The fourth-order valence-electron chi connectivity index (χ4n) is 2.48. The monoisotopic (exact) mass is 311 g/mol. The first kappa shape index (κ1) is 14.9. The number of hydrogen-bond donors (Lipinski definition) is 2. The van der Waals surface area contributed by atoms with Gasteiger partial charge >= 0.3 is 0 Å². The van der Waals surface area contributed by atoms with E-state index >= 15 is 0 Å². The van der Waals surface area contributed by atoms with Gasteiger partial charge in [-0.15, -0.1) is 0 Å². The highest BCUT2D eigenvalue weighted by Gasteiger charge is 2.15. The van der Waals surface area contributed by atoms with Gasteiger partial charge in [0.25, 0.3) is 5.91 Å². The number of nitrogens with zero attached hydrogens (tertiary/aromatic N) is 1. The lowest BCUT2D eigenvalue weighted by Gasteiger charge is -2.13. The van der Waals surface area contributed by atoms with Gasteiger partial charge < -0.3 is 14.8 Å². The molecule has 0 fully saturated rings. The smallest absolute Gasteiger partial charge is 0.255 e. The summed E-state index contributed by atoms with van der Waals surface area (Å²) in [7, 11) is 3.13. The summed E-state index contributed by atoms with van der Waals surface area (Å²) in [6.07, 6.45) is 1.71. The Morgan fingerprint density at radius 1 is 1.17 bits per heavy atom. The number of amides is 1. The summed E-state index contributed by atoms with van der Waals surface area (Å²) in [5.41, 5.74) is 2.76. The number of hydrogen-bond acceptors (Lipinski definition) is 4. The van der Waals surface area contributed by atoms with Crippen LogP contribution >= 0.6 is 0 Å². The molecule has 6 heteroatoms. The number of benzene rings is 2. The van der Waals surface area contributed by atoms with Crippen molar-refractivity contribution in [2.24, 2.45) is 0 Å². The molecule has 0 aliphatic carbocycles. The van der Waals surface area contributed by atoms with E-state index in [-0.39, 0.29) is 5.91 Å². The number of ether oxygens (including phenoxy) is 2. The Morgan fingerprint density at radius 2 is 1.87 bits per heavy atom. The molecule has 1 amide bonds. The van der Waals surface area contributed by atoms with E-state index in [4.69, 9.17) is 9.47 Å². The van der Waals surface area contributed by atoms with Crippen LogP contribution in [0.25, 0.3) is 10.9 Å². The van der Waals surface area contributed by atoms with E-state index in [1.54, 1.807) is 32.5 Å². The minimum absolute atomic E-state index is 0.247. The molecule has 1 aromatic heterocycles. The third-order valence-electron chi connectivity index (χ3n) is 3.74. The van der Waals surface area contributed by atoms with Crippen LogP contribution in [0.2, 0.25) is 0 Å². The Balaban J connectivity index is 1.96. The number of nitrogens with one attached hydrogen (secondary N) is 2. The minimum atomic E-state index is -0.247. The summed E-state index contributed by atoms with van der Waals surface area (Å²) in [5.74, 6) is 0.965. The number of methoxy groups -OCH3 is 2. The van der Waals surface area contributed by atoms with Gasteiger partial charge in [0.05, 0.1) is 31.6 Å². The van der Waals surface area contributed by atoms with Crippen molar-refractivity contribution in [3.8, 4) is 11.5 Å². The lowest BCUT2D eigenvalue weighted by atomic mass is 10.1. The molecule has 2 N–H and O–H groups in total. The van der Waals surface area contributed by atoms with E-state index in [9.17, 15) is 4.79 Å². The van der Waals surface area contributed by atoms with Crippen LogP contribution in [0.15, 0.2) is 36.5 Å². The molecular weight excluding hydrogens is 294 g/mol. The van der Waals surface area contributed by atoms with Gasteiger partial charge in [-0.3, -0.25) is 9.89 Å². The number of anilines is 1. The first-order chi connectivity index (χ1) is 11.1. The maximum absolute atomic E-state index is 12.6. The predicted octanol–water partition coefficient (Wildman–Crippen LogP) is 3.14. The number of aromatic amines is 1. The molecule has 23 heavy (non-hydrogen) atoms. The van der Waals surface area contributed by atoms with Crippen LogP contribution in [-0.2, 0) is 0 Å². The second-order valence-electron chi connectivity index (χ2n) is 5.10. The molecule has 0 saturated heterocycles. The van der Waals surface area contributed by atoms with Crippen molar-refractivity contribution in [2.45, 2.75) is 6.92 Å². The van der Waals surface area contributed by atoms with Crippen LogP contribution in [0.3, 0.4) is 0 Å². The zero-order chi connectivity index (χ0) is 16.4. The van der Waals surface area contributed by atoms with Crippen LogP contribution in [0.4, 0.5) is 5.69 Å². The number of carbonyl (C=O) groups excluding carboxylic acids is 1. The maximum atomic E-state index is 12.6. The Kier molecular flexibility index (Phi) is 3.89. The molecule has 0 spiro atoms. The van der Waals surface area contributed by atoms with Gasteiger partial charge in [0.1, 0.15) is 11.5 Å². The van der Waals surface area contributed by atoms with Crippen molar-refractivity contribution in [1.29, 1.82) is 0 Å². The fourth-order valence-corrected chi connectivity index (χ4v) is 2.48. The van der Waals surface area contributed by atoms with E-state index in [2.05, 4.69) is 15.5 Å². The third-order valence-corrected chi connectivity index (χ3v) is 3.74. The first-order valence-electron chi connectivity index (χ1n) is 7.10. The quantitative estimate of drug-likeness (QED) is 0.776. The van der Waals surface area contributed by atoms with E-state index in [1.165, 1.54) is 0 Å². The highest BCUT2D eigenvalue weighted by atomic mass is 16.5. The standard InChI is InChI=1S/C17H17N3O3/c1-10-14(22-2)7-12(8-15(10)23-3)17(21)19-13-6-4-5-11-9-18-20-16(11)13/h4-9H,1-3H3,(H,18,20)(H,19,21). The molecule has 3 aromatic rings. The normalized spacial score (nSPS) is 10.6. The summed E-state index contributed by atoms with van der Waals surface area (Å²) in [6.45, 7) is 1.88. The molecule has 0 aliphatic heterocycles. The van der Waals surface area contributed by atoms with Crippen LogP contribution < -0.4 is 14.8 Å². The van der Waals surface area contributed by atoms with E-state index in [1.807, 2.05) is 25.1 Å². The van der Waals surface area contributed by atoms with Crippen LogP contribution in [-0.4, -0.2) is 30.3 Å². The molecule has 0 atom stereocenters. The number of fused-ring (bicyclic) bond motifs is 1. The lowest BCUT2D eigenvalue weighted by Crippen LogP contribution is -2.13. The molecule has 0 aliphatic rings.